The molecule has 0 saturated heterocycles. The van der Waals surface area contributed by atoms with Crippen LogP contribution < -0.4 is 27.4 Å². The Morgan fingerprint density at radius 1 is 0.935 bits per heavy atom. The van der Waals surface area contributed by atoms with Crippen LogP contribution in [0.15, 0.2) is 0 Å². The van der Waals surface area contributed by atoms with E-state index in [1.165, 1.54) is 11.8 Å². The van der Waals surface area contributed by atoms with Gasteiger partial charge in [0.2, 0.25) is 17.7 Å². The Hall–Kier alpha value is -1.89. The molecule has 180 valence electrons. The molecule has 0 saturated carbocycles. The molecule has 0 aliphatic carbocycles. The monoisotopic (exact) mass is 463 g/mol. The van der Waals surface area contributed by atoms with Crippen LogP contribution in [0.25, 0.3) is 0 Å². The van der Waals surface area contributed by atoms with Gasteiger partial charge in [-0.25, -0.2) is 4.79 Å². The molecule has 0 bridgehead atoms. The zero-order valence-electron chi connectivity index (χ0n) is 18.4. The molecule has 4 unspecified atom stereocenters. The number of aliphatic hydroxyl groups is 1. The first kappa shape index (κ1) is 29.1. The number of amides is 3. The number of nitrogens with two attached hydrogens (primary N) is 2. The zero-order chi connectivity index (χ0) is 24.0. The molecule has 0 aliphatic heterocycles. The lowest BCUT2D eigenvalue weighted by Gasteiger charge is -2.26. The summed E-state index contributed by atoms with van der Waals surface area (Å²) in [5.74, 6) is -2.81. The third kappa shape index (κ3) is 11.3. The molecule has 3 amide bonds. The summed E-state index contributed by atoms with van der Waals surface area (Å²) in [6, 6.07) is -4.21. The molecule has 4 atom stereocenters. The lowest BCUT2D eigenvalue weighted by atomic mass is 10.0. The van der Waals surface area contributed by atoms with E-state index in [9.17, 15) is 24.3 Å². The van der Waals surface area contributed by atoms with Crippen LogP contribution in [-0.2, 0) is 19.2 Å². The summed E-state index contributed by atoms with van der Waals surface area (Å²) < 4.78 is 0. The molecule has 9 N–H and O–H groups in total. The maximum Gasteiger partial charge on any atom is 0.326 e. The first-order valence-corrected chi connectivity index (χ1v) is 11.7. The van der Waals surface area contributed by atoms with Gasteiger partial charge in [-0.05, 0) is 50.2 Å². The van der Waals surface area contributed by atoms with Crippen LogP contribution in [0.3, 0.4) is 0 Å². The van der Waals surface area contributed by atoms with Crippen LogP contribution in [0, 0.1) is 5.92 Å². The van der Waals surface area contributed by atoms with E-state index in [2.05, 4.69) is 16.0 Å². The van der Waals surface area contributed by atoms with Gasteiger partial charge in [0.25, 0.3) is 0 Å². The van der Waals surface area contributed by atoms with E-state index in [-0.39, 0.29) is 18.8 Å². The summed E-state index contributed by atoms with van der Waals surface area (Å²) in [6.07, 6.45) is 3.53. The smallest absolute Gasteiger partial charge is 0.326 e. The summed E-state index contributed by atoms with van der Waals surface area (Å²) in [5, 5.41) is 26.0. The third-order valence-corrected chi connectivity index (χ3v) is 5.23. The van der Waals surface area contributed by atoms with Gasteiger partial charge in [-0.15, -0.1) is 0 Å². The van der Waals surface area contributed by atoms with Crippen LogP contribution in [-0.4, -0.2) is 83.2 Å². The minimum atomic E-state index is -1.17. The van der Waals surface area contributed by atoms with Gasteiger partial charge in [0, 0.05) is 0 Å². The molecule has 0 aromatic rings. The Balaban J connectivity index is 5.29. The number of carbonyl (C=O) groups excluding carboxylic acids is 3. The normalized spacial score (nSPS) is 14.9. The molecule has 11 nitrogen and oxygen atoms in total. The fourth-order valence-electron chi connectivity index (χ4n) is 2.67. The van der Waals surface area contributed by atoms with Crippen molar-refractivity contribution in [3.05, 3.63) is 0 Å². The van der Waals surface area contributed by atoms with E-state index in [1.807, 2.05) is 6.26 Å². The molecule has 31 heavy (non-hydrogen) atoms. The minimum Gasteiger partial charge on any atom is -0.480 e. The summed E-state index contributed by atoms with van der Waals surface area (Å²) in [6.45, 7) is 3.28. The average molecular weight is 464 g/mol. The molecule has 0 radical (unpaired) electrons. The second-order valence-corrected chi connectivity index (χ2v) is 8.53. The minimum absolute atomic E-state index is 0.227. The van der Waals surface area contributed by atoms with Crippen molar-refractivity contribution in [1.82, 2.24) is 16.0 Å². The fraction of sp³-hybridized carbons (Fsp3) is 0.789. The van der Waals surface area contributed by atoms with Crippen molar-refractivity contribution < 1.29 is 29.4 Å². The standard InChI is InChI=1S/C19H37N5O6S/c1-11(2)15(24-16(26)12(21)10-25)18(28)22-13(7-9-31-3)17(27)23-14(19(29)30)6-4-5-8-20/h11-15,25H,4-10,20-21H2,1-3H3,(H,22,28)(H,23,27)(H,24,26)(H,29,30). The van der Waals surface area contributed by atoms with E-state index < -0.39 is 54.5 Å². The van der Waals surface area contributed by atoms with Crippen molar-refractivity contribution in [3.8, 4) is 0 Å². The largest absolute Gasteiger partial charge is 0.480 e. The van der Waals surface area contributed by atoms with Gasteiger partial charge in [0.05, 0.1) is 6.61 Å². The maximum absolute atomic E-state index is 12.8. The predicted molar refractivity (Wildman–Crippen MR) is 119 cm³/mol. The molecule has 12 heteroatoms. The first-order valence-electron chi connectivity index (χ1n) is 10.3. The van der Waals surface area contributed by atoms with Crippen LogP contribution >= 0.6 is 11.8 Å². The highest BCUT2D eigenvalue weighted by Crippen LogP contribution is 2.08. The number of aliphatic hydroxyl groups excluding tert-OH is 1. The Morgan fingerprint density at radius 2 is 1.55 bits per heavy atom. The number of carboxylic acids is 1. The van der Waals surface area contributed by atoms with Gasteiger partial charge in [0.1, 0.15) is 24.2 Å². The molecule has 0 aromatic heterocycles. The number of carbonyl (C=O) groups is 4. The molecule has 0 fully saturated rings. The topological polar surface area (TPSA) is 197 Å². The van der Waals surface area contributed by atoms with E-state index in [0.717, 1.165) is 0 Å². The number of thioether (sulfide) groups is 1. The van der Waals surface area contributed by atoms with Gasteiger partial charge in [-0.3, -0.25) is 14.4 Å². The summed E-state index contributed by atoms with van der Waals surface area (Å²) in [7, 11) is 0. The Bertz CT molecular complexity index is 592. The molecule has 0 spiro atoms. The van der Waals surface area contributed by atoms with E-state index >= 15 is 0 Å². The molecule has 0 aliphatic rings. The number of aliphatic carboxylic acids is 1. The summed E-state index contributed by atoms with van der Waals surface area (Å²) in [4.78, 5) is 49.0. The van der Waals surface area contributed by atoms with Crippen molar-refractivity contribution >= 4 is 35.5 Å². The van der Waals surface area contributed by atoms with E-state index in [4.69, 9.17) is 16.6 Å². The van der Waals surface area contributed by atoms with Gasteiger partial charge in [-0.2, -0.15) is 11.8 Å². The number of hydrogen-bond donors (Lipinski definition) is 7. The van der Waals surface area contributed by atoms with Crippen LogP contribution in [0.1, 0.15) is 39.5 Å². The SMILES string of the molecule is CSCCC(NC(=O)C(NC(=O)C(N)CO)C(C)C)C(=O)NC(CCCCN)C(=O)O. The molecular formula is C19H37N5O6S. The quantitative estimate of drug-likeness (QED) is 0.132. The lowest BCUT2D eigenvalue weighted by Crippen LogP contribution is -2.58. The highest BCUT2D eigenvalue weighted by molar-refractivity contribution is 7.98. The van der Waals surface area contributed by atoms with Gasteiger partial charge < -0.3 is 37.6 Å². The fourth-order valence-corrected chi connectivity index (χ4v) is 3.14. The Kier molecular flexibility index (Phi) is 14.9. The number of carboxylic acid groups (broad SMARTS) is 1. The predicted octanol–water partition coefficient (Wildman–Crippen LogP) is -1.62. The van der Waals surface area contributed by atoms with E-state index in [1.54, 1.807) is 13.8 Å². The van der Waals surface area contributed by atoms with Gasteiger partial charge >= 0.3 is 5.97 Å². The average Bonchev–Trinajstić information content (AvgIpc) is 2.72. The van der Waals surface area contributed by atoms with Gasteiger partial charge in [0.15, 0.2) is 0 Å². The molecule has 0 rings (SSSR count). The number of hydrogen-bond acceptors (Lipinski definition) is 8. The maximum atomic E-state index is 12.8. The first-order chi connectivity index (χ1) is 14.6. The second-order valence-electron chi connectivity index (χ2n) is 7.55. The number of unbranched alkanes of at least 4 members (excludes halogenated alkanes) is 1. The lowest BCUT2D eigenvalue weighted by molar-refractivity contribution is -0.142. The van der Waals surface area contributed by atoms with Crippen molar-refractivity contribution in [3.63, 3.8) is 0 Å². The molecular weight excluding hydrogens is 426 g/mol. The summed E-state index contributed by atoms with van der Waals surface area (Å²) in [5.41, 5.74) is 10.9. The number of nitrogens with one attached hydrogen (secondary N) is 3. The Labute approximate surface area is 187 Å². The molecule has 0 aromatic carbocycles. The highest BCUT2D eigenvalue weighted by Gasteiger charge is 2.31. The Morgan fingerprint density at radius 3 is 2.03 bits per heavy atom. The third-order valence-electron chi connectivity index (χ3n) is 4.59. The van der Waals surface area contributed by atoms with Crippen molar-refractivity contribution in [2.45, 2.75) is 63.7 Å². The van der Waals surface area contributed by atoms with Crippen molar-refractivity contribution in [2.24, 2.45) is 17.4 Å². The van der Waals surface area contributed by atoms with Gasteiger partial charge in [-0.1, -0.05) is 13.8 Å². The van der Waals surface area contributed by atoms with E-state index in [0.29, 0.717) is 25.1 Å². The molecule has 0 heterocycles. The van der Waals surface area contributed by atoms with Crippen molar-refractivity contribution in [1.29, 1.82) is 0 Å². The zero-order valence-corrected chi connectivity index (χ0v) is 19.2. The summed E-state index contributed by atoms with van der Waals surface area (Å²) >= 11 is 1.47. The highest BCUT2D eigenvalue weighted by atomic mass is 32.2. The second kappa shape index (κ2) is 15.8. The number of rotatable bonds is 16. The van der Waals surface area contributed by atoms with Crippen molar-refractivity contribution in [2.75, 3.05) is 25.2 Å². The van der Waals surface area contributed by atoms with Crippen LogP contribution in [0.4, 0.5) is 0 Å². The van der Waals surface area contributed by atoms with Crippen LogP contribution in [0.2, 0.25) is 0 Å². The van der Waals surface area contributed by atoms with Crippen LogP contribution in [0.5, 0.6) is 0 Å².